The van der Waals surface area contributed by atoms with Crippen LogP contribution in [0.4, 0.5) is 0 Å². The van der Waals surface area contributed by atoms with Crippen LogP contribution in [0.2, 0.25) is 0 Å². The van der Waals surface area contributed by atoms with Gasteiger partial charge < -0.3 is 4.90 Å². The van der Waals surface area contributed by atoms with Crippen LogP contribution < -0.4 is 5.32 Å². The average molecular weight is 288 g/mol. The topological polar surface area (TPSA) is 49.4 Å². The van der Waals surface area contributed by atoms with Crippen LogP contribution in [0.25, 0.3) is 0 Å². The van der Waals surface area contributed by atoms with Crippen molar-refractivity contribution in [3.05, 3.63) is 0 Å². The van der Waals surface area contributed by atoms with E-state index in [4.69, 9.17) is 0 Å². The van der Waals surface area contributed by atoms with E-state index in [1.54, 1.807) is 6.26 Å². The smallest absolute Gasteiger partial charge is 0.244 e. The summed E-state index contributed by atoms with van der Waals surface area (Å²) >= 11 is 0. The highest BCUT2D eigenvalue weighted by atomic mass is 32.2. The zero-order valence-electron chi connectivity index (χ0n) is 12.9. The Bertz CT molecular complexity index is 348. The van der Waals surface area contributed by atoms with Gasteiger partial charge in [-0.3, -0.25) is 14.3 Å². The summed E-state index contributed by atoms with van der Waals surface area (Å²) in [6, 6.07) is 0.147. The molecule has 4 nitrogen and oxygen atoms in total. The number of carbonyl (C=O) groups excluding carboxylic acids is 1. The number of amides is 1. The normalized spacial score (nSPS) is 30.7. The number of hydrogen-bond donors (Lipinski definition) is 1. The fourth-order valence-electron chi connectivity index (χ4n) is 2.65. The Labute approximate surface area is 119 Å². The summed E-state index contributed by atoms with van der Waals surface area (Å²) in [7, 11) is -0.792. The first-order valence-electron chi connectivity index (χ1n) is 7.26. The predicted octanol–water partition coefficient (Wildman–Crippen LogP) is 1.87. The lowest BCUT2D eigenvalue weighted by Gasteiger charge is -2.30. The summed E-state index contributed by atoms with van der Waals surface area (Å²) in [4.78, 5) is 14.6. The van der Waals surface area contributed by atoms with Gasteiger partial charge >= 0.3 is 0 Å². The summed E-state index contributed by atoms with van der Waals surface area (Å²) in [5.74, 6) is 0.856. The molecule has 1 saturated heterocycles. The zero-order valence-corrected chi connectivity index (χ0v) is 13.7. The van der Waals surface area contributed by atoms with Gasteiger partial charge in [-0.05, 0) is 33.1 Å². The SMILES string of the molecule is CCCC1NC(C)(CC)C(=O)N1C(C)CCS(C)=O. The molecule has 5 heteroatoms. The molecule has 0 radical (unpaired) electrons. The largest absolute Gasteiger partial charge is 0.323 e. The maximum Gasteiger partial charge on any atom is 0.244 e. The number of hydrogen-bond acceptors (Lipinski definition) is 3. The quantitative estimate of drug-likeness (QED) is 0.778. The molecule has 112 valence electrons. The lowest BCUT2D eigenvalue weighted by atomic mass is 9.99. The van der Waals surface area contributed by atoms with E-state index in [9.17, 15) is 9.00 Å². The standard InChI is InChI=1S/C14H28N2O2S/c1-6-8-12-15-14(4,7-2)13(17)16(12)11(3)9-10-19(5)18/h11-12,15H,6-10H2,1-5H3. The molecule has 0 saturated carbocycles. The monoisotopic (exact) mass is 288 g/mol. The third kappa shape index (κ3) is 3.78. The molecule has 1 fully saturated rings. The third-order valence-electron chi connectivity index (χ3n) is 4.09. The van der Waals surface area contributed by atoms with Crippen LogP contribution >= 0.6 is 0 Å². The van der Waals surface area contributed by atoms with Crippen LogP contribution in [-0.2, 0) is 15.6 Å². The van der Waals surface area contributed by atoms with Gasteiger partial charge in [0, 0.05) is 28.9 Å². The van der Waals surface area contributed by atoms with E-state index < -0.39 is 16.3 Å². The molecule has 0 aromatic carbocycles. The number of nitrogens with zero attached hydrogens (tertiary/aromatic N) is 1. The van der Waals surface area contributed by atoms with E-state index in [0.29, 0.717) is 5.75 Å². The molecule has 0 spiro atoms. The molecular formula is C14H28N2O2S. The summed E-state index contributed by atoms with van der Waals surface area (Å²) in [5.41, 5.74) is -0.431. The van der Waals surface area contributed by atoms with E-state index in [1.165, 1.54) is 0 Å². The van der Waals surface area contributed by atoms with Crippen LogP contribution in [-0.4, -0.2) is 44.8 Å². The van der Waals surface area contributed by atoms with Gasteiger partial charge in [0.15, 0.2) is 0 Å². The summed E-state index contributed by atoms with van der Waals surface area (Å²) < 4.78 is 11.2. The maximum atomic E-state index is 12.6. The number of carbonyl (C=O) groups is 1. The third-order valence-corrected chi connectivity index (χ3v) is 4.91. The molecule has 1 N–H and O–H groups in total. The minimum Gasteiger partial charge on any atom is -0.323 e. The average Bonchev–Trinajstić information content (AvgIpc) is 2.60. The second-order valence-corrected chi connectivity index (χ2v) is 7.32. The van der Waals surface area contributed by atoms with Crippen LogP contribution in [0.3, 0.4) is 0 Å². The maximum absolute atomic E-state index is 12.6. The molecule has 4 unspecified atom stereocenters. The minimum atomic E-state index is -0.792. The molecule has 1 aliphatic rings. The van der Waals surface area contributed by atoms with Crippen molar-refractivity contribution in [3.63, 3.8) is 0 Å². The Hall–Kier alpha value is -0.420. The van der Waals surface area contributed by atoms with Crippen LogP contribution in [0.15, 0.2) is 0 Å². The fraction of sp³-hybridized carbons (Fsp3) is 0.929. The highest BCUT2D eigenvalue weighted by Crippen LogP contribution is 2.28. The van der Waals surface area contributed by atoms with E-state index in [-0.39, 0.29) is 18.1 Å². The summed E-state index contributed by atoms with van der Waals surface area (Å²) in [6.07, 6.45) is 5.47. The predicted molar refractivity (Wildman–Crippen MR) is 80.4 cm³/mol. The molecule has 4 atom stereocenters. The van der Waals surface area contributed by atoms with Gasteiger partial charge in [-0.15, -0.1) is 0 Å². The van der Waals surface area contributed by atoms with Gasteiger partial charge in [-0.1, -0.05) is 20.3 Å². The van der Waals surface area contributed by atoms with Crippen LogP contribution in [0.5, 0.6) is 0 Å². The molecule has 1 aliphatic heterocycles. The van der Waals surface area contributed by atoms with Gasteiger partial charge in [0.1, 0.15) is 0 Å². The molecule has 1 rings (SSSR count). The van der Waals surface area contributed by atoms with Gasteiger partial charge in [-0.25, -0.2) is 0 Å². The first kappa shape index (κ1) is 16.6. The Morgan fingerprint density at radius 1 is 1.47 bits per heavy atom. The number of nitrogens with one attached hydrogen (secondary N) is 1. The van der Waals surface area contributed by atoms with Crippen molar-refractivity contribution >= 4 is 16.7 Å². The molecule has 0 aromatic rings. The molecule has 19 heavy (non-hydrogen) atoms. The van der Waals surface area contributed by atoms with Crippen molar-refractivity contribution in [3.8, 4) is 0 Å². The fourth-order valence-corrected chi connectivity index (χ4v) is 3.32. The lowest BCUT2D eigenvalue weighted by molar-refractivity contribution is -0.134. The first-order chi connectivity index (χ1) is 8.85. The van der Waals surface area contributed by atoms with Crippen molar-refractivity contribution in [1.82, 2.24) is 10.2 Å². The van der Waals surface area contributed by atoms with Crippen molar-refractivity contribution < 1.29 is 9.00 Å². The second kappa shape index (κ2) is 6.84. The second-order valence-electron chi connectivity index (χ2n) is 5.76. The van der Waals surface area contributed by atoms with Crippen molar-refractivity contribution in [1.29, 1.82) is 0 Å². The molecule has 1 heterocycles. The van der Waals surface area contributed by atoms with Crippen LogP contribution in [0, 0.1) is 0 Å². The van der Waals surface area contributed by atoms with Gasteiger partial charge in [0.25, 0.3) is 0 Å². The highest BCUT2D eigenvalue weighted by Gasteiger charge is 2.47. The Kier molecular flexibility index (Phi) is 5.99. The Morgan fingerprint density at radius 3 is 2.58 bits per heavy atom. The molecule has 0 aromatic heterocycles. The van der Waals surface area contributed by atoms with Gasteiger partial charge in [0.05, 0.1) is 11.7 Å². The summed E-state index contributed by atoms with van der Waals surface area (Å²) in [6.45, 7) is 8.24. The van der Waals surface area contributed by atoms with E-state index in [0.717, 1.165) is 25.7 Å². The summed E-state index contributed by atoms with van der Waals surface area (Å²) in [5, 5.41) is 3.49. The zero-order chi connectivity index (χ0) is 14.6. The molecule has 0 bridgehead atoms. The highest BCUT2D eigenvalue weighted by molar-refractivity contribution is 7.84. The van der Waals surface area contributed by atoms with Crippen LogP contribution in [0.1, 0.15) is 53.4 Å². The minimum absolute atomic E-state index is 0.128. The van der Waals surface area contributed by atoms with Gasteiger partial charge in [-0.2, -0.15) is 0 Å². The van der Waals surface area contributed by atoms with Crippen molar-refractivity contribution in [2.75, 3.05) is 12.0 Å². The lowest BCUT2D eigenvalue weighted by Crippen LogP contribution is -2.44. The van der Waals surface area contributed by atoms with Gasteiger partial charge in [0.2, 0.25) is 5.91 Å². The number of rotatable bonds is 7. The van der Waals surface area contributed by atoms with E-state index in [2.05, 4.69) is 19.2 Å². The Morgan fingerprint density at radius 2 is 2.11 bits per heavy atom. The molecule has 1 amide bonds. The van der Waals surface area contributed by atoms with E-state index >= 15 is 0 Å². The first-order valence-corrected chi connectivity index (χ1v) is 8.99. The Balaban J connectivity index is 2.81. The van der Waals surface area contributed by atoms with Crippen molar-refractivity contribution in [2.24, 2.45) is 0 Å². The molecular weight excluding hydrogens is 260 g/mol. The van der Waals surface area contributed by atoms with Crippen molar-refractivity contribution in [2.45, 2.75) is 71.1 Å². The molecule has 0 aliphatic carbocycles. The van der Waals surface area contributed by atoms with E-state index in [1.807, 2.05) is 18.7 Å².